The molecule has 0 heterocycles. The van der Waals surface area contributed by atoms with Gasteiger partial charge in [-0.25, -0.2) is 0 Å². The monoisotopic (exact) mass is 262 g/mol. The van der Waals surface area contributed by atoms with Crippen LogP contribution in [0.15, 0.2) is 0 Å². The van der Waals surface area contributed by atoms with E-state index in [1.165, 1.54) is 19.3 Å². The molecule has 0 aromatic heterocycles. The zero-order valence-electron chi connectivity index (χ0n) is 11.3. The minimum absolute atomic E-state index is 0. The van der Waals surface area contributed by atoms with E-state index in [4.69, 9.17) is 5.73 Å². The highest BCUT2D eigenvalue weighted by atomic mass is 35.5. The number of halogens is 1. The van der Waals surface area contributed by atoms with Crippen LogP contribution >= 0.6 is 12.4 Å². The fraction of sp³-hybridized carbons (Fsp3) is 0.923. The summed E-state index contributed by atoms with van der Waals surface area (Å²) >= 11 is 0. The Morgan fingerprint density at radius 3 is 2.29 bits per heavy atom. The van der Waals surface area contributed by atoms with Gasteiger partial charge in [-0.1, -0.05) is 33.1 Å². The number of carbonyl (C=O) groups is 1. The van der Waals surface area contributed by atoms with Crippen molar-refractivity contribution in [3.63, 3.8) is 0 Å². The van der Waals surface area contributed by atoms with Gasteiger partial charge in [0.05, 0.1) is 6.04 Å². The fourth-order valence-electron chi connectivity index (χ4n) is 2.52. The van der Waals surface area contributed by atoms with E-state index in [-0.39, 0.29) is 24.4 Å². The first-order valence-corrected chi connectivity index (χ1v) is 6.54. The maximum Gasteiger partial charge on any atom is 0.239 e. The smallest absolute Gasteiger partial charge is 0.239 e. The molecule has 1 aliphatic rings. The third-order valence-electron chi connectivity index (χ3n) is 3.51. The van der Waals surface area contributed by atoms with Crippen LogP contribution in [0.5, 0.6) is 0 Å². The van der Waals surface area contributed by atoms with Crippen LogP contribution in [-0.2, 0) is 4.79 Å². The molecule has 0 bridgehead atoms. The normalized spacial score (nSPS) is 18.6. The van der Waals surface area contributed by atoms with Gasteiger partial charge in [-0.05, 0) is 25.2 Å². The number of nitrogens with two attached hydrogens (primary N) is 1. The Kier molecular flexibility index (Phi) is 7.80. The molecule has 0 saturated heterocycles. The number of hydrogen-bond donors (Lipinski definition) is 1. The number of carbonyl (C=O) groups excluding carboxylic acids is 1. The van der Waals surface area contributed by atoms with Crippen molar-refractivity contribution in [1.82, 2.24) is 4.90 Å². The summed E-state index contributed by atoms with van der Waals surface area (Å²) in [5.74, 6) is 0.610. The molecule has 1 fully saturated rings. The van der Waals surface area contributed by atoms with Gasteiger partial charge in [0.1, 0.15) is 0 Å². The highest BCUT2D eigenvalue weighted by molar-refractivity contribution is 5.85. The predicted octanol–water partition coefficient (Wildman–Crippen LogP) is 2.57. The Hall–Kier alpha value is -0.280. The lowest BCUT2D eigenvalue weighted by Gasteiger charge is -2.33. The second kappa shape index (κ2) is 7.93. The van der Waals surface area contributed by atoms with Gasteiger partial charge in [-0.15, -0.1) is 12.4 Å². The molecule has 102 valence electrons. The minimum Gasteiger partial charge on any atom is -0.341 e. The zero-order valence-corrected chi connectivity index (χ0v) is 12.1. The van der Waals surface area contributed by atoms with Crippen LogP contribution in [-0.4, -0.2) is 29.9 Å². The van der Waals surface area contributed by atoms with E-state index in [2.05, 4.69) is 13.8 Å². The molecule has 1 unspecified atom stereocenters. The van der Waals surface area contributed by atoms with Crippen LogP contribution in [0.25, 0.3) is 0 Å². The highest BCUT2D eigenvalue weighted by Gasteiger charge is 2.25. The topological polar surface area (TPSA) is 46.3 Å². The minimum atomic E-state index is -0.313. The molecule has 1 rings (SSSR count). The van der Waals surface area contributed by atoms with Crippen LogP contribution in [0, 0.1) is 5.92 Å². The lowest BCUT2D eigenvalue weighted by molar-refractivity contribution is -0.134. The van der Waals surface area contributed by atoms with E-state index in [1.54, 1.807) is 0 Å². The summed E-state index contributed by atoms with van der Waals surface area (Å²) in [5.41, 5.74) is 5.93. The van der Waals surface area contributed by atoms with E-state index >= 15 is 0 Å². The molecule has 3 nitrogen and oxygen atoms in total. The fourth-order valence-corrected chi connectivity index (χ4v) is 2.52. The predicted molar refractivity (Wildman–Crippen MR) is 74.3 cm³/mol. The second-order valence-corrected chi connectivity index (χ2v) is 5.48. The van der Waals surface area contributed by atoms with Crippen LogP contribution in [0.3, 0.4) is 0 Å². The molecule has 0 aromatic rings. The van der Waals surface area contributed by atoms with Gasteiger partial charge in [0, 0.05) is 13.1 Å². The van der Waals surface area contributed by atoms with Gasteiger partial charge in [0.25, 0.3) is 0 Å². The molecule has 1 saturated carbocycles. The van der Waals surface area contributed by atoms with Crippen molar-refractivity contribution in [2.45, 2.75) is 64.5 Å². The van der Waals surface area contributed by atoms with Crippen molar-refractivity contribution < 1.29 is 4.79 Å². The number of amides is 1. The molecule has 1 amide bonds. The Balaban J connectivity index is 0.00000256. The van der Waals surface area contributed by atoms with Crippen molar-refractivity contribution >= 4 is 18.3 Å². The van der Waals surface area contributed by atoms with Crippen molar-refractivity contribution in [1.29, 1.82) is 0 Å². The van der Waals surface area contributed by atoms with E-state index in [0.29, 0.717) is 12.0 Å². The summed E-state index contributed by atoms with van der Waals surface area (Å²) in [6.45, 7) is 4.21. The first kappa shape index (κ1) is 16.7. The molecule has 1 atom stereocenters. The van der Waals surface area contributed by atoms with E-state index in [0.717, 1.165) is 19.3 Å². The summed E-state index contributed by atoms with van der Waals surface area (Å²) in [7, 11) is 1.92. The summed E-state index contributed by atoms with van der Waals surface area (Å²) < 4.78 is 0. The largest absolute Gasteiger partial charge is 0.341 e. The van der Waals surface area contributed by atoms with Crippen LogP contribution in [0.1, 0.15) is 52.4 Å². The van der Waals surface area contributed by atoms with Crippen molar-refractivity contribution in [3.05, 3.63) is 0 Å². The van der Waals surface area contributed by atoms with Gasteiger partial charge >= 0.3 is 0 Å². The molecule has 0 spiro atoms. The maximum atomic E-state index is 12.1. The molecule has 0 aromatic carbocycles. The van der Waals surface area contributed by atoms with E-state index < -0.39 is 0 Å². The molecular weight excluding hydrogens is 236 g/mol. The van der Waals surface area contributed by atoms with Crippen molar-refractivity contribution in [2.24, 2.45) is 11.7 Å². The number of likely N-dealkylation sites (N-methyl/N-ethyl adjacent to an activating group) is 1. The number of nitrogens with zero attached hydrogens (tertiary/aromatic N) is 1. The Labute approximate surface area is 112 Å². The quantitative estimate of drug-likeness (QED) is 0.847. The van der Waals surface area contributed by atoms with Gasteiger partial charge in [-0.3, -0.25) is 4.79 Å². The first-order valence-electron chi connectivity index (χ1n) is 6.54. The molecule has 4 heteroatoms. The summed E-state index contributed by atoms with van der Waals surface area (Å²) in [5, 5.41) is 0. The third-order valence-corrected chi connectivity index (χ3v) is 3.51. The van der Waals surface area contributed by atoms with Crippen LogP contribution < -0.4 is 5.73 Å². The van der Waals surface area contributed by atoms with Crippen molar-refractivity contribution in [3.8, 4) is 0 Å². The second-order valence-electron chi connectivity index (χ2n) is 5.48. The first-order chi connectivity index (χ1) is 7.52. The molecular formula is C13H27ClN2O. The third kappa shape index (κ3) is 5.26. The standard InChI is InChI=1S/C13H26N2O.ClH/c1-10(2)9-12(14)13(16)15(3)11-7-5-4-6-8-11;/h10-12H,4-9,14H2,1-3H3;1H. The molecule has 2 N–H and O–H groups in total. The highest BCUT2D eigenvalue weighted by Crippen LogP contribution is 2.22. The zero-order chi connectivity index (χ0) is 12.1. The van der Waals surface area contributed by atoms with E-state index in [1.807, 2.05) is 11.9 Å². The maximum absolute atomic E-state index is 12.1. The molecule has 0 radical (unpaired) electrons. The molecule has 0 aliphatic heterocycles. The Morgan fingerprint density at radius 1 is 1.29 bits per heavy atom. The van der Waals surface area contributed by atoms with Gasteiger partial charge < -0.3 is 10.6 Å². The van der Waals surface area contributed by atoms with Gasteiger partial charge in [0.2, 0.25) is 5.91 Å². The van der Waals surface area contributed by atoms with Crippen LogP contribution in [0.2, 0.25) is 0 Å². The average Bonchev–Trinajstić information content (AvgIpc) is 2.27. The van der Waals surface area contributed by atoms with Gasteiger partial charge in [-0.2, -0.15) is 0 Å². The lowest BCUT2D eigenvalue weighted by Crippen LogP contribution is -2.47. The number of hydrogen-bond acceptors (Lipinski definition) is 2. The molecule has 1 aliphatic carbocycles. The average molecular weight is 263 g/mol. The van der Waals surface area contributed by atoms with Crippen molar-refractivity contribution in [2.75, 3.05) is 7.05 Å². The number of rotatable bonds is 4. The van der Waals surface area contributed by atoms with E-state index in [9.17, 15) is 4.79 Å². The van der Waals surface area contributed by atoms with Gasteiger partial charge in [0.15, 0.2) is 0 Å². The summed E-state index contributed by atoms with van der Waals surface area (Å²) in [6.07, 6.45) is 6.91. The Morgan fingerprint density at radius 2 is 1.82 bits per heavy atom. The summed E-state index contributed by atoms with van der Waals surface area (Å²) in [6, 6.07) is 0.117. The molecule has 17 heavy (non-hydrogen) atoms. The van der Waals surface area contributed by atoms with Crippen LogP contribution in [0.4, 0.5) is 0 Å². The Bertz CT molecular complexity index is 227. The SMILES string of the molecule is CC(C)CC(N)C(=O)N(C)C1CCCCC1.Cl. The summed E-state index contributed by atoms with van der Waals surface area (Å²) in [4.78, 5) is 14.0. The lowest BCUT2D eigenvalue weighted by atomic mass is 9.93.